The molecule has 5 heteroatoms. The minimum atomic E-state index is -0.579. The van der Waals surface area contributed by atoms with E-state index in [9.17, 15) is 9.90 Å². The zero-order valence-corrected chi connectivity index (χ0v) is 12.3. The number of benzene rings is 1. The van der Waals surface area contributed by atoms with E-state index < -0.39 is 6.10 Å². The van der Waals surface area contributed by atoms with Crippen LogP contribution in [-0.2, 0) is 6.54 Å². The molecule has 0 bridgehead atoms. The number of carbonyl (C=O) groups is 1. The van der Waals surface area contributed by atoms with Crippen molar-refractivity contribution in [2.24, 2.45) is 5.41 Å². The van der Waals surface area contributed by atoms with Crippen molar-refractivity contribution in [1.29, 1.82) is 0 Å². The summed E-state index contributed by atoms with van der Waals surface area (Å²) in [6.45, 7) is 6.39. The first-order valence-electron chi connectivity index (χ1n) is 6.23. The van der Waals surface area contributed by atoms with Crippen LogP contribution in [0.5, 0.6) is 0 Å². The summed E-state index contributed by atoms with van der Waals surface area (Å²) < 4.78 is 0. The standard InChI is InChI=1S/C14H21ClN2O2/c1-14(2,3)12(18)9-17-13(19)16-8-10-5-4-6-11(15)7-10/h4-7,12,18H,8-9H2,1-3H3,(H2,16,17,19). The Kier molecular flexibility index (Phi) is 5.63. The van der Waals surface area contributed by atoms with Gasteiger partial charge in [0.05, 0.1) is 6.10 Å². The molecule has 19 heavy (non-hydrogen) atoms. The van der Waals surface area contributed by atoms with Gasteiger partial charge in [0.15, 0.2) is 0 Å². The second-order valence-electron chi connectivity index (χ2n) is 5.58. The summed E-state index contributed by atoms with van der Waals surface area (Å²) in [7, 11) is 0. The number of halogens is 1. The van der Waals surface area contributed by atoms with Gasteiger partial charge in [-0.05, 0) is 23.1 Å². The zero-order valence-electron chi connectivity index (χ0n) is 11.5. The molecule has 0 spiro atoms. The van der Waals surface area contributed by atoms with Gasteiger partial charge in [0.2, 0.25) is 0 Å². The van der Waals surface area contributed by atoms with E-state index in [1.807, 2.05) is 32.9 Å². The minimum Gasteiger partial charge on any atom is -0.391 e. The lowest BCUT2D eigenvalue weighted by Gasteiger charge is -2.25. The number of hydrogen-bond acceptors (Lipinski definition) is 2. The second kappa shape index (κ2) is 6.78. The molecular weight excluding hydrogens is 264 g/mol. The molecule has 0 radical (unpaired) electrons. The third kappa shape index (κ3) is 5.94. The smallest absolute Gasteiger partial charge is 0.315 e. The zero-order chi connectivity index (χ0) is 14.5. The molecule has 0 aliphatic heterocycles. The van der Waals surface area contributed by atoms with Crippen LogP contribution >= 0.6 is 11.6 Å². The first kappa shape index (κ1) is 15.8. The highest BCUT2D eigenvalue weighted by Gasteiger charge is 2.22. The highest BCUT2D eigenvalue weighted by molar-refractivity contribution is 6.30. The molecule has 1 atom stereocenters. The number of rotatable bonds is 4. The molecule has 1 aromatic rings. The minimum absolute atomic E-state index is 0.227. The summed E-state index contributed by atoms with van der Waals surface area (Å²) in [6.07, 6.45) is -0.579. The van der Waals surface area contributed by atoms with E-state index in [4.69, 9.17) is 11.6 Å². The maximum absolute atomic E-state index is 11.6. The van der Waals surface area contributed by atoms with Crippen molar-refractivity contribution in [2.75, 3.05) is 6.54 Å². The topological polar surface area (TPSA) is 61.4 Å². The van der Waals surface area contributed by atoms with Crippen LogP contribution in [0.1, 0.15) is 26.3 Å². The predicted molar refractivity (Wildman–Crippen MR) is 77.2 cm³/mol. The molecule has 0 saturated heterocycles. The summed E-state index contributed by atoms with van der Waals surface area (Å²) in [5.41, 5.74) is 0.680. The molecule has 106 valence electrons. The third-order valence-corrected chi connectivity index (χ3v) is 3.03. The summed E-state index contributed by atoms with van der Waals surface area (Å²) in [5, 5.41) is 15.8. The summed E-state index contributed by atoms with van der Waals surface area (Å²) in [4.78, 5) is 11.6. The number of urea groups is 1. The first-order valence-corrected chi connectivity index (χ1v) is 6.61. The van der Waals surface area contributed by atoms with Crippen molar-refractivity contribution < 1.29 is 9.90 Å². The molecule has 1 rings (SSSR count). The summed E-state index contributed by atoms with van der Waals surface area (Å²) in [6, 6.07) is 7.00. The van der Waals surface area contributed by atoms with Crippen LogP contribution in [0.2, 0.25) is 5.02 Å². The van der Waals surface area contributed by atoms with E-state index in [2.05, 4.69) is 10.6 Å². The van der Waals surface area contributed by atoms with E-state index in [1.54, 1.807) is 12.1 Å². The highest BCUT2D eigenvalue weighted by Crippen LogP contribution is 2.18. The molecule has 0 heterocycles. The first-order chi connectivity index (χ1) is 8.79. The van der Waals surface area contributed by atoms with Crippen molar-refractivity contribution in [3.05, 3.63) is 34.9 Å². The van der Waals surface area contributed by atoms with Crippen molar-refractivity contribution in [1.82, 2.24) is 10.6 Å². The number of carbonyl (C=O) groups excluding carboxylic acids is 1. The van der Waals surface area contributed by atoms with Gasteiger partial charge in [-0.2, -0.15) is 0 Å². The van der Waals surface area contributed by atoms with Gasteiger partial charge in [-0.1, -0.05) is 44.5 Å². The fraction of sp³-hybridized carbons (Fsp3) is 0.500. The van der Waals surface area contributed by atoms with Crippen molar-refractivity contribution >= 4 is 17.6 Å². The van der Waals surface area contributed by atoms with E-state index in [1.165, 1.54) is 0 Å². The molecule has 1 unspecified atom stereocenters. The molecule has 0 saturated carbocycles. The van der Waals surface area contributed by atoms with Gasteiger partial charge in [-0.25, -0.2) is 4.79 Å². The Morgan fingerprint density at radius 2 is 2.05 bits per heavy atom. The Balaban J connectivity index is 2.33. The second-order valence-corrected chi connectivity index (χ2v) is 6.01. The molecule has 0 aromatic heterocycles. The summed E-state index contributed by atoms with van der Waals surface area (Å²) in [5.74, 6) is 0. The van der Waals surface area contributed by atoms with Crippen LogP contribution in [0.4, 0.5) is 4.79 Å². The molecule has 2 amide bonds. The van der Waals surface area contributed by atoms with Crippen LogP contribution < -0.4 is 10.6 Å². The molecule has 0 aliphatic rings. The monoisotopic (exact) mass is 284 g/mol. The Labute approximate surface area is 119 Å². The quantitative estimate of drug-likeness (QED) is 0.796. The molecule has 0 fully saturated rings. The van der Waals surface area contributed by atoms with Crippen molar-refractivity contribution in [3.63, 3.8) is 0 Å². The van der Waals surface area contributed by atoms with Gasteiger partial charge >= 0.3 is 6.03 Å². The number of aliphatic hydroxyl groups is 1. The van der Waals surface area contributed by atoms with Crippen LogP contribution in [0.15, 0.2) is 24.3 Å². The molecule has 3 N–H and O–H groups in total. The van der Waals surface area contributed by atoms with Crippen LogP contribution in [0, 0.1) is 5.41 Å². The fourth-order valence-corrected chi connectivity index (χ4v) is 1.60. The largest absolute Gasteiger partial charge is 0.391 e. The van der Waals surface area contributed by atoms with Gasteiger partial charge in [0, 0.05) is 18.1 Å². The SMILES string of the molecule is CC(C)(C)C(O)CNC(=O)NCc1cccc(Cl)c1. The average molecular weight is 285 g/mol. The van der Waals surface area contributed by atoms with E-state index in [-0.39, 0.29) is 18.0 Å². The maximum atomic E-state index is 11.6. The predicted octanol–water partition coefficient (Wildman–Crippen LogP) is 2.55. The number of nitrogens with one attached hydrogen (secondary N) is 2. The van der Waals surface area contributed by atoms with Gasteiger partial charge in [-0.3, -0.25) is 0 Å². The molecule has 4 nitrogen and oxygen atoms in total. The Bertz CT molecular complexity index is 430. The summed E-state index contributed by atoms with van der Waals surface area (Å²) >= 11 is 5.85. The van der Waals surface area contributed by atoms with E-state index >= 15 is 0 Å². The fourth-order valence-electron chi connectivity index (χ4n) is 1.39. The molecule has 1 aromatic carbocycles. The Morgan fingerprint density at radius 1 is 1.37 bits per heavy atom. The number of amides is 2. The highest BCUT2D eigenvalue weighted by atomic mass is 35.5. The lowest BCUT2D eigenvalue weighted by Crippen LogP contribution is -2.43. The Morgan fingerprint density at radius 3 is 2.63 bits per heavy atom. The van der Waals surface area contributed by atoms with Crippen LogP contribution in [-0.4, -0.2) is 23.8 Å². The van der Waals surface area contributed by atoms with Crippen LogP contribution in [0.25, 0.3) is 0 Å². The Hall–Kier alpha value is -1.26. The third-order valence-electron chi connectivity index (χ3n) is 2.80. The van der Waals surface area contributed by atoms with Crippen molar-refractivity contribution in [2.45, 2.75) is 33.4 Å². The lowest BCUT2D eigenvalue weighted by molar-refractivity contribution is 0.0650. The van der Waals surface area contributed by atoms with E-state index in [0.29, 0.717) is 11.6 Å². The number of aliphatic hydroxyl groups excluding tert-OH is 1. The van der Waals surface area contributed by atoms with Gasteiger partial charge < -0.3 is 15.7 Å². The lowest BCUT2D eigenvalue weighted by atomic mass is 9.89. The number of hydrogen-bond donors (Lipinski definition) is 3. The van der Waals surface area contributed by atoms with Crippen LogP contribution in [0.3, 0.4) is 0 Å². The molecular formula is C14H21ClN2O2. The average Bonchev–Trinajstić information content (AvgIpc) is 2.32. The normalized spacial score (nSPS) is 12.9. The maximum Gasteiger partial charge on any atom is 0.315 e. The van der Waals surface area contributed by atoms with Gasteiger partial charge in [0.25, 0.3) is 0 Å². The van der Waals surface area contributed by atoms with Crippen molar-refractivity contribution in [3.8, 4) is 0 Å². The molecule has 0 aliphatic carbocycles. The van der Waals surface area contributed by atoms with Gasteiger partial charge in [-0.15, -0.1) is 0 Å². The van der Waals surface area contributed by atoms with Gasteiger partial charge in [0.1, 0.15) is 0 Å². The van der Waals surface area contributed by atoms with E-state index in [0.717, 1.165) is 5.56 Å².